The van der Waals surface area contributed by atoms with Gasteiger partial charge in [0.1, 0.15) is 29.4 Å². The summed E-state index contributed by atoms with van der Waals surface area (Å²) in [6, 6.07) is 17.9. The third-order valence-electron chi connectivity index (χ3n) is 8.88. The third kappa shape index (κ3) is 7.55. The van der Waals surface area contributed by atoms with Gasteiger partial charge in [0.25, 0.3) is 5.56 Å². The van der Waals surface area contributed by atoms with Gasteiger partial charge in [-0.2, -0.15) is 5.10 Å². The standard InChI is InChI=1S/C38H35ClN8O4/c39-29-9-4-8-25(28(29)21-47-37-34(36(40)41-22-42-37)35(46-47)24-12-14-27(48)15-13-24)20-31-44-30-10-5-7-23(33(30)38(50)45-31)6-2-1-3-11-32(49)43-26-16-18-51-19-17-26/h4-5,7-10,12-15,22,26,48H,1,3,11,16-21H2,(H,43,49)(H2,40,41,42)(H,44,45,50). The molecule has 1 aliphatic heterocycles. The number of aromatic hydroxyl groups is 1. The zero-order valence-electron chi connectivity index (χ0n) is 27.7. The van der Waals surface area contributed by atoms with Crippen LogP contribution in [0.1, 0.15) is 54.6 Å². The predicted molar refractivity (Wildman–Crippen MR) is 195 cm³/mol. The first-order chi connectivity index (χ1) is 24.8. The molecule has 1 amide bonds. The van der Waals surface area contributed by atoms with Gasteiger partial charge in [0.2, 0.25) is 5.91 Å². The quantitative estimate of drug-likeness (QED) is 0.118. The number of nitrogens with zero attached hydrogens (tertiary/aromatic N) is 5. The number of unbranched alkanes of at least 4 members (excludes halogenated alkanes) is 1. The van der Waals surface area contributed by atoms with Gasteiger partial charge in [-0.3, -0.25) is 9.59 Å². The first-order valence-corrected chi connectivity index (χ1v) is 17.1. The first kappa shape index (κ1) is 33.7. The molecule has 1 fully saturated rings. The van der Waals surface area contributed by atoms with Crippen LogP contribution in [0.2, 0.25) is 5.02 Å². The number of rotatable bonds is 9. The minimum absolute atomic E-state index is 0.0281. The van der Waals surface area contributed by atoms with Crippen LogP contribution in [-0.4, -0.2) is 60.0 Å². The molecule has 0 unspecified atom stereocenters. The Bertz CT molecular complexity index is 2350. The van der Waals surface area contributed by atoms with Crippen molar-refractivity contribution in [2.45, 2.75) is 51.1 Å². The average molecular weight is 703 g/mol. The van der Waals surface area contributed by atoms with Gasteiger partial charge in [-0.05, 0) is 72.9 Å². The second-order valence-corrected chi connectivity index (χ2v) is 12.8. The monoisotopic (exact) mass is 702 g/mol. The molecular formula is C38H35ClN8O4. The lowest BCUT2D eigenvalue weighted by atomic mass is 10.0. The molecule has 3 aromatic carbocycles. The van der Waals surface area contributed by atoms with E-state index >= 15 is 0 Å². The molecule has 51 heavy (non-hydrogen) atoms. The summed E-state index contributed by atoms with van der Waals surface area (Å²) >= 11 is 6.79. The molecule has 0 aliphatic carbocycles. The number of carbonyl (C=O) groups is 1. The van der Waals surface area contributed by atoms with Crippen molar-refractivity contribution < 1.29 is 14.6 Å². The number of halogens is 1. The number of hydrogen-bond acceptors (Lipinski definition) is 9. The molecule has 258 valence electrons. The lowest BCUT2D eigenvalue weighted by Gasteiger charge is -2.22. The number of H-pyrrole nitrogens is 1. The largest absolute Gasteiger partial charge is 0.508 e. The molecule has 0 atom stereocenters. The van der Waals surface area contributed by atoms with Crippen LogP contribution in [0.4, 0.5) is 5.82 Å². The van der Waals surface area contributed by atoms with Crippen molar-refractivity contribution in [2.75, 3.05) is 18.9 Å². The second-order valence-electron chi connectivity index (χ2n) is 12.4. The number of nitrogens with one attached hydrogen (secondary N) is 2. The van der Waals surface area contributed by atoms with Crippen molar-refractivity contribution in [3.05, 3.63) is 105 Å². The van der Waals surface area contributed by atoms with Gasteiger partial charge in [-0.15, -0.1) is 0 Å². The fraction of sp³-hybridized carbons (Fsp3) is 0.263. The van der Waals surface area contributed by atoms with Crippen LogP contribution in [0.25, 0.3) is 33.2 Å². The molecule has 7 rings (SSSR count). The highest BCUT2D eigenvalue weighted by Crippen LogP contribution is 2.32. The Balaban J connectivity index is 1.10. The summed E-state index contributed by atoms with van der Waals surface area (Å²) in [6.45, 7) is 1.62. The molecule has 3 aromatic heterocycles. The number of anilines is 1. The SMILES string of the molecule is Nc1ncnc2c1c(-c1ccc(O)cc1)nn2Cc1c(Cl)cccc1Cc1nc2cccc(C#CCCCC(=O)NC3CCOCC3)c2c(=O)[nH]1. The Labute approximate surface area is 298 Å². The molecule has 0 radical (unpaired) electrons. The number of amides is 1. The van der Waals surface area contributed by atoms with Crippen LogP contribution in [0.15, 0.2) is 71.8 Å². The molecule has 0 saturated carbocycles. The van der Waals surface area contributed by atoms with Crippen LogP contribution in [0.3, 0.4) is 0 Å². The molecule has 0 bridgehead atoms. The van der Waals surface area contributed by atoms with E-state index < -0.39 is 0 Å². The summed E-state index contributed by atoms with van der Waals surface area (Å²) in [7, 11) is 0. The van der Waals surface area contributed by atoms with Gasteiger partial charge in [0.15, 0.2) is 5.65 Å². The Morgan fingerprint density at radius 3 is 2.71 bits per heavy atom. The number of fused-ring (bicyclic) bond motifs is 2. The van der Waals surface area contributed by atoms with Gasteiger partial charge in [-0.25, -0.2) is 19.6 Å². The van der Waals surface area contributed by atoms with Crippen molar-refractivity contribution in [3.8, 4) is 28.8 Å². The Hall–Kier alpha value is -5.77. The van der Waals surface area contributed by atoms with Crippen LogP contribution in [-0.2, 0) is 22.5 Å². The van der Waals surface area contributed by atoms with Crippen molar-refractivity contribution in [1.82, 2.24) is 35.0 Å². The van der Waals surface area contributed by atoms with Gasteiger partial charge in [0, 0.05) is 54.7 Å². The Morgan fingerprint density at radius 2 is 1.88 bits per heavy atom. The fourth-order valence-electron chi connectivity index (χ4n) is 6.30. The molecule has 6 aromatic rings. The van der Waals surface area contributed by atoms with E-state index in [2.05, 4.69) is 32.1 Å². The van der Waals surface area contributed by atoms with E-state index in [4.69, 9.17) is 32.2 Å². The van der Waals surface area contributed by atoms with E-state index in [9.17, 15) is 14.7 Å². The predicted octanol–water partition coefficient (Wildman–Crippen LogP) is 5.13. The fourth-order valence-corrected chi connectivity index (χ4v) is 6.56. The number of aromatic amines is 1. The number of benzene rings is 3. The smallest absolute Gasteiger partial charge is 0.260 e. The van der Waals surface area contributed by atoms with E-state index in [0.29, 0.717) is 82.9 Å². The van der Waals surface area contributed by atoms with Gasteiger partial charge >= 0.3 is 0 Å². The summed E-state index contributed by atoms with van der Waals surface area (Å²) in [6.07, 6.45) is 4.93. The topological polar surface area (TPSA) is 174 Å². The van der Waals surface area contributed by atoms with E-state index in [-0.39, 0.29) is 35.6 Å². The Kier molecular flexibility index (Phi) is 9.92. The first-order valence-electron chi connectivity index (χ1n) is 16.7. The molecule has 0 spiro atoms. The van der Waals surface area contributed by atoms with Crippen LogP contribution in [0, 0.1) is 11.8 Å². The minimum Gasteiger partial charge on any atom is -0.508 e. The molecular weight excluding hydrogens is 668 g/mol. The normalized spacial score (nSPS) is 13.3. The number of phenols is 1. The van der Waals surface area contributed by atoms with E-state index in [1.54, 1.807) is 47.1 Å². The van der Waals surface area contributed by atoms with Gasteiger partial charge < -0.3 is 25.9 Å². The second kappa shape index (κ2) is 15.0. The van der Waals surface area contributed by atoms with Crippen molar-refractivity contribution in [2.24, 2.45) is 0 Å². The molecule has 5 N–H and O–H groups in total. The maximum atomic E-state index is 13.5. The lowest BCUT2D eigenvalue weighted by Crippen LogP contribution is -2.38. The maximum absolute atomic E-state index is 13.5. The molecule has 13 heteroatoms. The van der Waals surface area contributed by atoms with E-state index in [0.717, 1.165) is 29.5 Å². The summed E-state index contributed by atoms with van der Waals surface area (Å²) in [5.41, 5.74) is 10.6. The summed E-state index contributed by atoms with van der Waals surface area (Å²) < 4.78 is 7.07. The van der Waals surface area contributed by atoms with E-state index in [1.165, 1.54) is 6.33 Å². The van der Waals surface area contributed by atoms with Crippen molar-refractivity contribution >= 4 is 45.3 Å². The maximum Gasteiger partial charge on any atom is 0.260 e. The van der Waals surface area contributed by atoms with Gasteiger partial charge in [-0.1, -0.05) is 41.6 Å². The Morgan fingerprint density at radius 1 is 1.08 bits per heavy atom. The minimum atomic E-state index is -0.289. The highest BCUT2D eigenvalue weighted by atomic mass is 35.5. The van der Waals surface area contributed by atoms with Crippen LogP contribution >= 0.6 is 11.6 Å². The summed E-state index contributed by atoms with van der Waals surface area (Å²) in [4.78, 5) is 42.2. The number of carbonyl (C=O) groups excluding carboxylic acids is 1. The summed E-state index contributed by atoms with van der Waals surface area (Å²) in [5.74, 6) is 7.15. The van der Waals surface area contributed by atoms with Crippen LogP contribution < -0.4 is 16.6 Å². The number of aromatic nitrogens is 6. The number of nitrogens with two attached hydrogens (primary N) is 1. The highest BCUT2D eigenvalue weighted by molar-refractivity contribution is 6.31. The molecule has 1 aliphatic rings. The highest BCUT2D eigenvalue weighted by Gasteiger charge is 2.20. The van der Waals surface area contributed by atoms with E-state index in [1.807, 2.05) is 18.2 Å². The molecule has 4 heterocycles. The van der Waals surface area contributed by atoms with Crippen molar-refractivity contribution in [3.63, 3.8) is 0 Å². The number of phenolic OH excluding ortho intramolecular Hbond substituents is 1. The number of nitrogen functional groups attached to an aromatic ring is 1. The zero-order valence-corrected chi connectivity index (χ0v) is 28.4. The molecule has 1 saturated heterocycles. The molecule has 12 nitrogen and oxygen atoms in total. The van der Waals surface area contributed by atoms with Crippen LogP contribution in [0.5, 0.6) is 5.75 Å². The number of hydrogen-bond donors (Lipinski definition) is 4. The van der Waals surface area contributed by atoms with Crippen molar-refractivity contribution in [1.29, 1.82) is 0 Å². The summed E-state index contributed by atoms with van der Waals surface area (Å²) in [5, 5.41) is 19.3. The average Bonchev–Trinajstić information content (AvgIpc) is 3.49. The number of ether oxygens (including phenoxy) is 1. The third-order valence-corrected chi connectivity index (χ3v) is 9.23. The lowest BCUT2D eigenvalue weighted by molar-refractivity contribution is -0.122. The zero-order chi connectivity index (χ0) is 35.3. The van der Waals surface area contributed by atoms with Gasteiger partial charge in [0.05, 0.1) is 22.8 Å².